The largest absolute Gasteiger partial charge is 0.450 e. The SMILES string of the molecule is CCOC(=O)N1CCN(c2nc(C)c3c(n2)C[C@@H](c2cccc(Cl)c2)CC3=O)CC1. The van der Waals surface area contributed by atoms with Crippen LogP contribution in [0.3, 0.4) is 0 Å². The fraction of sp³-hybridized carbons (Fsp3) is 0.455. The van der Waals surface area contributed by atoms with Crippen molar-refractivity contribution in [1.82, 2.24) is 14.9 Å². The molecule has 1 saturated heterocycles. The summed E-state index contributed by atoms with van der Waals surface area (Å²) < 4.78 is 5.08. The van der Waals surface area contributed by atoms with Crippen molar-refractivity contribution in [3.63, 3.8) is 0 Å². The van der Waals surface area contributed by atoms with Gasteiger partial charge in [0.2, 0.25) is 5.95 Å². The molecule has 1 atom stereocenters. The minimum absolute atomic E-state index is 0.0616. The number of aromatic nitrogens is 2. The van der Waals surface area contributed by atoms with Crippen molar-refractivity contribution in [1.29, 1.82) is 0 Å². The lowest BCUT2D eigenvalue weighted by Crippen LogP contribution is -2.49. The Kier molecular flexibility index (Phi) is 5.90. The number of carbonyl (C=O) groups is 2. The molecule has 2 aliphatic rings. The molecule has 1 aromatic heterocycles. The van der Waals surface area contributed by atoms with Gasteiger partial charge in [-0.15, -0.1) is 0 Å². The normalized spacial score (nSPS) is 18.9. The van der Waals surface area contributed by atoms with E-state index in [1.807, 2.05) is 31.2 Å². The standard InChI is InChI=1S/C22H25ClN4O3/c1-3-30-22(29)27-9-7-26(8-10-27)21-24-14(2)20-18(25-21)12-16(13-19(20)28)15-5-4-6-17(23)11-15/h4-6,11,16H,3,7-10,12-13H2,1-2H3/t16-/m1/s1. The molecule has 0 bridgehead atoms. The molecule has 0 spiro atoms. The third-order valence-corrected chi connectivity index (χ3v) is 5.95. The summed E-state index contributed by atoms with van der Waals surface area (Å²) in [6.45, 7) is 6.41. The number of nitrogens with zero attached hydrogens (tertiary/aromatic N) is 4. The Morgan fingerprint density at radius 3 is 2.67 bits per heavy atom. The van der Waals surface area contributed by atoms with Gasteiger partial charge in [0, 0.05) is 37.6 Å². The van der Waals surface area contributed by atoms with Gasteiger partial charge in [-0.05, 0) is 43.9 Å². The van der Waals surface area contributed by atoms with Gasteiger partial charge in [-0.1, -0.05) is 23.7 Å². The molecule has 1 aliphatic carbocycles. The fourth-order valence-electron chi connectivity index (χ4n) is 4.20. The van der Waals surface area contributed by atoms with Crippen molar-refractivity contribution >= 4 is 29.4 Å². The molecular weight excluding hydrogens is 404 g/mol. The van der Waals surface area contributed by atoms with E-state index in [9.17, 15) is 9.59 Å². The predicted octanol–water partition coefficient (Wildman–Crippen LogP) is 3.63. The van der Waals surface area contributed by atoms with Gasteiger partial charge in [-0.3, -0.25) is 4.79 Å². The number of aryl methyl sites for hydroxylation is 1. The molecule has 1 amide bonds. The number of fused-ring (bicyclic) bond motifs is 1. The molecule has 1 fully saturated rings. The Bertz CT molecular complexity index is 973. The highest BCUT2D eigenvalue weighted by Gasteiger charge is 2.31. The maximum atomic E-state index is 12.9. The summed E-state index contributed by atoms with van der Waals surface area (Å²) in [5.74, 6) is 0.762. The van der Waals surface area contributed by atoms with Crippen LogP contribution in [-0.2, 0) is 11.2 Å². The van der Waals surface area contributed by atoms with Gasteiger partial charge in [0.05, 0.1) is 23.6 Å². The van der Waals surface area contributed by atoms with E-state index < -0.39 is 0 Å². The second-order valence-electron chi connectivity index (χ2n) is 7.69. The van der Waals surface area contributed by atoms with Crippen LogP contribution in [0.25, 0.3) is 0 Å². The number of hydrogen-bond acceptors (Lipinski definition) is 6. The quantitative estimate of drug-likeness (QED) is 0.743. The molecule has 158 valence electrons. The lowest BCUT2D eigenvalue weighted by Gasteiger charge is -2.34. The number of ether oxygens (including phenoxy) is 1. The molecule has 0 saturated carbocycles. The van der Waals surface area contributed by atoms with E-state index in [4.69, 9.17) is 21.3 Å². The van der Waals surface area contributed by atoms with Crippen LogP contribution in [0, 0.1) is 6.92 Å². The lowest BCUT2D eigenvalue weighted by atomic mass is 9.81. The Labute approximate surface area is 181 Å². The average Bonchev–Trinajstić information content (AvgIpc) is 2.73. The molecule has 8 heteroatoms. The van der Waals surface area contributed by atoms with Crippen LogP contribution in [0.15, 0.2) is 24.3 Å². The first kappa shape index (κ1) is 20.6. The highest BCUT2D eigenvalue weighted by molar-refractivity contribution is 6.30. The third kappa shape index (κ3) is 4.12. The predicted molar refractivity (Wildman–Crippen MR) is 114 cm³/mol. The molecule has 1 aromatic carbocycles. The Morgan fingerprint density at radius 1 is 1.20 bits per heavy atom. The molecule has 7 nitrogen and oxygen atoms in total. The number of benzene rings is 1. The summed E-state index contributed by atoms with van der Waals surface area (Å²) >= 11 is 6.15. The fourth-order valence-corrected chi connectivity index (χ4v) is 4.40. The van der Waals surface area contributed by atoms with Gasteiger partial charge in [0.25, 0.3) is 0 Å². The van der Waals surface area contributed by atoms with Crippen LogP contribution in [0.2, 0.25) is 5.02 Å². The molecule has 4 rings (SSSR count). The monoisotopic (exact) mass is 428 g/mol. The number of halogens is 1. The topological polar surface area (TPSA) is 75.6 Å². The van der Waals surface area contributed by atoms with Crippen LogP contribution in [0.4, 0.5) is 10.7 Å². The summed E-state index contributed by atoms with van der Waals surface area (Å²) in [6.07, 6.45) is 0.838. The van der Waals surface area contributed by atoms with E-state index in [-0.39, 0.29) is 17.8 Å². The number of Topliss-reactive ketones (excluding diaryl/α,β-unsaturated/α-hetero) is 1. The van der Waals surface area contributed by atoms with Gasteiger partial charge >= 0.3 is 6.09 Å². The number of piperazine rings is 1. The highest BCUT2D eigenvalue weighted by Crippen LogP contribution is 2.34. The first-order valence-electron chi connectivity index (χ1n) is 10.3. The molecule has 0 unspecified atom stereocenters. The second kappa shape index (κ2) is 8.60. The summed E-state index contributed by atoms with van der Waals surface area (Å²) in [5.41, 5.74) is 3.23. The van der Waals surface area contributed by atoms with E-state index in [2.05, 4.69) is 9.88 Å². The van der Waals surface area contributed by atoms with Crippen LogP contribution in [-0.4, -0.2) is 59.5 Å². The van der Waals surface area contributed by atoms with Crippen molar-refractivity contribution in [2.75, 3.05) is 37.7 Å². The minimum Gasteiger partial charge on any atom is -0.450 e. The van der Waals surface area contributed by atoms with Crippen molar-refractivity contribution in [2.45, 2.75) is 32.6 Å². The first-order chi connectivity index (χ1) is 14.5. The number of hydrogen-bond donors (Lipinski definition) is 0. The lowest BCUT2D eigenvalue weighted by molar-refractivity contribution is 0.0960. The number of amides is 1. The van der Waals surface area contributed by atoms with E-state index in [0.717, 1.165) is 17.0 Å². The van der Waals surface area contributed by atoms with Gasteiger partial charge < -0.3 is 14.5 Å². The zero-order valence-corrected chi connectivity index (χ0v) is 18.0. The zero-order chi connectivity index (χ0) is 21.3. The van der Waals surface area contributed by atoms with Crippen molar-refractivity contribution in [2.24, 2.45) is 0 Å². The zero-order valence-electron chi connectivity index (χ0n) is 17.2. The Balaban J connectivity index is 1.55. The van der Waals surface area contributed by atoms with E-state index >= 15 is 0 Å². The summed E-state index contributed by atoms with van der Waals surface area (Å²) in [7, 11) is 0. The molecule has 30 heavy (non-hydrogen) atoms. The van der Waals surface area contributed by atoms with Crippen LogP contribution >= 0.6 is 11.6 Å². The molecule has 2 heterocycles. The first-order valence-corrected chi connectivity index (χ1v) is 10.7. The van der Waals surface area contributed by atoms with Crippen molar-refractivity contribution < 1.29 is 14.3 Å². The van der Waals surface area contributed by atoms with Crippen LogP contribution in [0.5, 0.6) is 0 Å². The molecule has 0 radical (unpaired) electrons. The number of ketones is 1. The molecule has 2 aromatic rings. The summed E-state index contributed by atoms with van der Waals surface area (Å²) in [4.78, 5) is 37.9. The number of carbonyl (C=O) groups excluding carboxylic acids is 2. The Morgan fingerprint density at radius 2 is 1.97 bits per heavy atom. The molecule has 0 N–H and O–H groups in total. The number of anilines is 1. The summed E-state index contributed by atoms with van der Waals surface area (Å²) in [6, 6.07) is 7.69. The van der Waals surface area contributed by atoms with Gasteiger partial charge in [-0.25, -0.2) is 14.8 Å². The molecule has 1 aliphatic heterocycles. The van der Waals surface area contributed by atoms with Gasteiger partial charge in [0.1, 0.15) is 0 Å². The highest BCUT2D eigenvalue weighted by atomic mass is 35.5. The van der Waals surface area contributed by atoms with Gasteiger partial charge in [0.15, 0.2) is 5.78 Å². The van der Waals surface area contributed by atoms with Gasteiger partial charge in [-0.2, -0.15) is 0 Å². The number of rotatable bonds is 3. The van der Waals surface area contributed by atoms with Crippen molar-refractivity contribution in [3.05, 3.63) is 51.8 Å². The second-order valence-corrected chi connectivity index (χ2v) is 8.12. The third-order valence-electron chi connectivity index (χ3n) is 5.71. The van der Waals surface area contributed by atoms with Crippen molar-refractivity contribution in [3.8, 4) is 0 Å². The van der Waals surface area contributed by atoms with E-state index in [0.29, 0.717) is 62.2 Å². The minimum atomic E-state index is -0.283. The average molecular weight is 429 g/mol. The summed E-state index contributed by atoms with van der Waals surface area (Å²) in [5, 5.41) is 0.671. The smallest absolute Gasteiger partial charge is 0.409 e. The molecular formula is C22H25ClN4O3. The maximum Gasteiger partial charge on any atom is 0.409 e. The van der Waals surface area contributed by atoms with E-state index in [1.54, 1.807) is 11.8 Å². The maximum absolute atomic E-state index is 12.9. The van der Waals surface area contributed by atoms with E-state index in [1.165, 1.54) is 0 Å². The Hall–Kier alpha value is -2.67. The van der Waals surface area contributed by atoms with Crippen LogP contribution in [0.1, 0.15) is 46.6 Å². The van der Waals surface area contributed by atoms with Crippen LogP contribution < -0.4 is 4.90 Å².